The third kappa shape index (κ3) is 328. The maximum Gasteiger partial charge on any atom is 0 e. The minimum atomic E-state index is 0. The summed E-state index contributed by atoms with van der Waals surface area (Å²) in [5, 5.41) is 0. The molecular formula is H10Cl4F6TiW. The van der Waals surface area contributed by atoms with E-state index in [4.69, 9.17) is 0 Å². The Morgan fingerprint density at radius 2 is 0.333 bits per heavy atom. The molecule has 0 aromatic carbocycles. The van der Waals surface area contributed by atoms with Crippen LogP contribution in [-0.2, 0) is 42.8 Å². The molecule has 0 N–H and O–H groups in total. The fraction of sp³-hybridized carbons (Fsp3) is 0. The summed E-state index contributed by atoms with van der Waals surface area (Å²) < 4.78 is 0. The monoisotopic (exact) mass is 496 g/mol. The zero-order valence-electron chi connectivity index (χ0n) is 4.99. The molecule has 0 radical (unpaired) electrons. The Kier molecular flexibility index (Phi) is 18700. The first-order valence-electron chi connectivity index (χ1n) is 0. The number of hydrogen-bond donors (Lipinski definition) is 0. The first kappa shape index (κ1) is 532. The number of hydrogen-bond acceptors (Lipinski definition) is 0. The van der Waals surface area contributed by atoms with E-state index in [1.807, 2.05) is 0 Å². The topological polar surface area (TPSA) is 0 Å². The van der Waals surface area contributed by atoms with Gasteiger partial charge in [0.25, 0.3) is 0 Å². The van der Waals surface area contributed by atoms with Crippen molar-refractivity contribution in [2.24, 2.45) is 0 Å². The Labute approximate surface area is 120 Å². The van der Waals surface area contributed by atoms with Gasteiger partial charge in [-0.1, -0.05) is 0 Å². The predicted octanol–water partition coefficient (Wildman–Crippen LogP) is 2.60. The minimum absolute atomic E-state index is 0. The van der Waals surface area contributed by atoms with E-state index in [-0.39, 0.29) is 121 Å². The van der Waals surface area contributed by atoms with E-state index in [1.54, 1.807) is 0 Å². The molecule has 0 aliphatic rings. The Balaban J connectivity index is 0. The van der Waals surface area contributed by atoms with Crippen LogP contribution in [0.5, 0.6) is 0 Å². The van der Waals surface area contributed by atoms with Crippen LogP contribution in [0.25, 0.3) is 0 Å². The summed E-state index contributed by atoms with van der Waals surface area (Å²) in [6.07, 6.45) is 0. The third-order valence-electron chi connectivity index (χ3n) is 0. The van der Waals surface area contributed by atoms with Crippen molar-refractivity contribution in [3.8, 4) is 0 Å². The summed E-state index contributed by atoms with van der Waals surface area (Å²) in [6, 6.07) is 0. The van der Waals surface area contributed by atoms with Gasteiger partial charge in [0.1, 0.15) is 0 Å². The van der Waals surface area contributed by atoms with Gasteiger partial charge in [0.05, 0.1) is 0 Å². The zero-order valence-corrected chi connectivity index (χ0v) is 12.8. The van der Waals surface area contributed by atoms with Gasteiger partial charge in [-0.15, -0.1) is 49.6 Å². The van der Waals surface area contributed by atoms with E-state index in [2.05, 4.69) is 0 Å². The van der Waals surface area contributed by atoms with Gasteiger partial charge < -0.3 is 0 Å². The molecular weight excluding hydrogens is 488 g/mol. The molecule has 0 bridgehead atoms. The van der Waals surface area contributed by atoms with Crippen LogP contribution in [0, 0.1) is 0 Å². The van der Waals surface area contributed by atoms with E-state index in [1.165, 1.54) is 0 Å². The summed E-state index contributed by atoms with van der Waals surface area (Å²) in [7, 11) is 0. The van der Waals surface area contributed by atoms with Crippen LogP contribution in [0.3, 0.4) is 0 Å². The van der Waals surface area contributed by atoms with Crippen LogP contribution in [0.1, 0.15) is 0 Å². The molecule has 0 spiro atoms. The summed E-state index contributed by atoms with van der Waals surface area (Å²) in [5.74, 6) is 0. The molecule has 90 valence electrons. The summed E-state index contributed by atoms with van der Waals surface area (Å²) in [6.45, 7) is 0. The molecule has 0 atom stereocenters. The largest absolute Gasteiger partial charge is 0.269 e. The number of rotatable bonds is 0. The van der Waals surface area contributed by atoms with E-state index < -0.39 is 0 Å². The van der Waals surface area contributed by atoms with Crippen molar-refractivity contribution in [1.29, 1.82) is 0 Å². The molecule has 0 amide bonds. The van der Waals surface area contributed by atoms with Crippen molar-refractivity contribution in [2.75, 3.05) is 0 Å². The fourth-order valence-electron chi connectivity index (χ4n) is 0. The molecule has 0 saturated carbocycles. The van der Waals surface area contributed by atoms with Crippen LogP contribution in [0.15, 0.2) is 0 Å². The van der Waals surface area contributed by atoms with Crippen molar-refractivity contribution in [1.82, 2.24) is 0 Å². The molecule has 0 nitrogen and oxygen atoms in total. The standard InChI is InChI=1S/4ClH.6FH.Ti.W/h10*1H;;. The molecule has 12 heteroatoms. The fourth-order valence-corrected chi connectivity index (χ4v) is 0. The van der Waals surface area contributed by atoms with Crippen LogP contribution >= 0.6 is 49.6 Å². The van der Waals surface area contributed by atoms with Crippen molar-refractivity contribution < 1.29 is 71.0 Å². The summed E-state index contributed by atoms with van der Waals surface area (Å²) >= 11 is 0. The molecule has 0 aromatic rings. The Bertz CT molecular complexity index is 19.5. The first-order valence-corrected chi connectivity index (χ1v) is 0. The van der Waals surface area contributed by atoms with Gasteiger partial charge in [0, 0.05) is 42.8 Å². The molecule has 0 aromatic heterocycles. The van der Waals surface area contributed by atoms with Crippen LogP contribution in [0.2, 0.25) is 0 Å². The van der Waals surface area contributed by atoms with Gasteiger partial charge in [0.2, 0.25) is 0 Å². The summed E-state index contributed by atoms with van der Waals surface area (Å²) in [4.78, 5) is 0. The van der Waals surface area contributed by atoms with Crippen LogP contribution in [0.4, 0.5) is 28.2 Å². The second kappa shape index (κ2) is 422. The average molecular weight is 498 g/mol. The molecule has 0 saturated heterocycles. The van der Waals surface area contributed by atoms with Crippen LogP contribution < -0.4 is 0 Å². The van der Waals surface area contributed by atoms with Crippen molar-refractivity contribution >= 4 is 49.6 Å². The van der Waals surface area contributed by atoms with Gasteiger partial charge in [-0.3, -0.25) is 28.2 Å². The van der Waals surface area contributed by atoms with E-state index in [0.29, 0.717) is 0 Å². The quantitative estimate of drug-likeness (QED) is 0.357. The van der Waals surface area contributed by atoms with E-state index in [0.717, 1.165) is 0 Å². The predicted molar refractivity (Wildman–Crippen MR) is 44.0 cm³/mol. The Morgan fingerprint density at radius 3 is 0.333 bits per heavy atom. The molecule has 0 aliphatic heterocycles. The van der Waals surface area contributed by atoms with E-state index >= 15 is 0 Å². The molecule has 0 heterocycles. The molecule has 0 unspecified atom stereocenters. The van der Waals surface area contributed by atoms with Gasteiger partial charge >= 0.3 is 0 Å². The second-order valence-corrected chi connectivity index (χ2v) is 0. The zero-order chi connectivity index (χ0) is 0. The second-order valence-electron chi connectivity index (χ2n) is 0. The Hall–Kier alpha value is 2.14. The van der Waals surface area contributed by atoms with Gasteiger partial charge in [-0.05, 0) is 0 Å². The van der Waals surface area contributed by atoms with E-state index in [9.17, 15) is 0 Å². The van der Waals surface area contributed by atoms with Crippen molar-refractivity contribution in [3.05, 3.63) is 0 Å². The number of halogens is 10. The maximum absolute atomic E-state index is 0. The maximum atomic E-state index is 0. The minimum Gasteiger partial charge on any atom is -0.269 e. The van der Waals surface area contributed by atoms with Crippen molar-refractivity contribution in [3.63, 3.8) is 0 Å². The average Bonchev–Trinajstić information content (AvgIpc) is 0. The Morgan fingerprint density at radius 1 is 0.333 bits per heavy atom. The van der Waals surface area contributed by atoms with Gasteiger partial charge in [-0.25, -0.2) is 0 Å². The molecule has 12 heavy (non-hydrogen) atoms. The molecule has 0 fully saturated rings. The molecule has 0 aliphatic carbocycles. The van der Waals surface area contributed by atoms with Crippen LogP contribution in [-0.4, -0.2) is 0 Å². The first-order chi connectivity index (χ1) is 0. The van der Waals surface area contributed by atoms with Gasteiger partial charge in [-0.2, -0.15) is 0 Å². The SMILES string of the molecule is Cl.Cl.Cl.Cl.F.F.F.F.F.F.[Ti].[W]. The normalized spacial score (nSPS) is 0. The van der Waals surface area contributed by atoms with Gasteiger partial charge in [0.15, 0.2) is 0 Å². The smallest absolute Gasteiger partial charge is 0 e. The molecule has 0 rings (SSSR count). The third-order valence-corrected chi connectivity index (χ3v) is 0. The summed E-state index contributed by atoms with van der Waals surface area (Å²) in [5.41, 5.74) is 0. The van der Waals surface area contributed by atoms with Crippen molar-refractivity contribution in [2.45, 2.75) is 0 Å².